The molecule has 0 aromatic heterocycles. The lowest BCUT2D eigenvalue weighted by atomic mass is 10.1. The average Bonchev–Trinajstić information content (AvgIpc) is 3.22. The Morgan fingerprint density at radius 2 is 1.73 bits per heavy atom. The fourth-order valence-electron chi connectivity index (χ4n) is 3.40. The number of hydrogen-bond donors (Lipinski definition) is 6. The highest BCUT2D eigenvalue weighted by Gasteiger charge is 2.39. The van der Waals surface area contributed by atoms with Crippen molar-refractivity contribution in [2.45, 2.75) is 62.7 Å². The number of aliphatic carboxylic acids is 1. The van der Waals surface area contributed by atoms with E-state index in [1.807, 2.05) is 6.26 Å². The molecule has 1 rings (SSSR count). The monoisotopic (exact) mass is 488 g/mol. The summed E-state index contributed by atoms with van der Waals surface area (Å²) < 4.78 is 0. The molecule has 9 N–H and O–H groups in total. The van der Waals surface area contributed by atoms with Crippen molar-refractivity contribution in [1.29, 1.82) is 0 Å². The molecule has 0 saturated carbocycles. The summed E-state index contributed by atoms with van der Waals surface area (Å²) in [6.07, 6.45) is 2.12. The van der Waals surface area contributed by atoms with E-state index in [1.165, 1.54) is 16.7 Å². The molecule has 0 aromatic carbocycles. The Bertz CT molecular complexity index is 765. The summed E-state index contributed by atoms with van der Waals surface area (Å²) in [5.74, 6) is -4.15. The number of nitrogens with two attached hydrogens (primary N) is 3. The molecule has 1 heterocycles. The molecular formula is C19H32N6O7S. The molecular weight excluding hydrogens is 456 g/mol. The summed E-state index contributed by atoms with van der Waals surface area (Å²) in [5.41, 5.74) is 15.8. The molecule has 13 nitrogen and oxygen atoms in total. The second-order valence-electron chi connectivity index (χ2n) is 7.71. The Morgan fingerprint density at radius 1 is 1.06 bits per heavy atom. The number of nitrogens with zero attached hydrogens (tertiary/aromatic N) is 1. The van der Waals surface area contributed by atoms with Crippen LogP contribution < -0.4 is 27.8 Å². The maximum absolute atomic E-state index is 13.2. The van der Waals surface area contributed by atoms with Gasteiger partial charge in [-0.05, 0) is 37.7 Å². The normalized spacial score (nSPS) is 18.1. The third kappa shape index (κ3) is 9.26. The van der Waals surface area contributed by atoms with Crippen LogP contribution in [0.25, 0.3) is 0 Å². The van der Waals surface area contributed by atoms with Crippen molar-refractivity contribution in [3.05, 3.63) is 0 Å². The number of hydrogen-bond acceptors (Lipinski definition) is 8. The Morgan fingerprint density at radius 3 is 2.27 bits per heavy atom. The third-order valence-electron chi connectivity index (χ3n) is 5.12. The molecule has 33 heavy (non-hydrogen) atoms. The zero-order valence-electron chi connectivity index (χ0n) is 18.5. The van der Waals surface area contributed by atoms with Crippen LogP contribution in [0.4, 0.5) is 0 Å². The third-order valence-corrected chi connectivity index (χ3v) is 5.76. The van der Waals surface area contributed by atoms with Crippen LogP contribution in [-0.2, 0) is 28.8 Å². The molecule has 0 aliphatic carbocycles. The van der Waals surface area contributed by atoms with Gasteiger partial charge in [-0.25, -0.2) is 4.79 Å². The van der Waals surface area contributed by atoms with Crippen molar-refractivity contribution in [3.63, 3.8) is 0 Å². The van der Waals surface area contributed by atoms with Crippen LogP contribution >= 0.6 is 11.8 Å². The van der Waals surface area contributed by atoms with Gasteiger partial charge in [0.15, 0.2) is 0 Å². The summed E-state index contributed by atoms with van der Waals surface area (Å²) in [6, 6.07) is -4.46. The second-order valence-corrected chi connectivity index (χ2v) is 8.70. The lowest BCUT2D eigenvalue weighted by Gasteiger charge is -2.30. The van der Waals surface area contributed by atoms with Crippen LogP contribution in [-0.4, -0.2) is 88.2 Å². The molecule has 4 unspecified atom stereocenters. The lowest BCUT2D eigenvalue weighted by molar-refractivity contribution is -0.145. The van der Waals surface area contributed by atoms with Crippen LogP contribution in [0.15, 0.2) is 0 Å². The van der Waals surface area contributed by atoms with Crippen molar-refractivity contribution in [2.75, 3.05) is 18.6 Å². The molecule has 0 spiro atoms. The van der Waals surface area contributed by atoms with E-state index in [0.717, 1.165) is 0 Å². The molecule has 1 aliphatic rings. The van der Waals surface area contributed by atoms with Gasteiger partial charge in [-0.3, -0.25) is 24.0 Å². The minimum atomic E-state index is -1.33. The highest BCUT2D eigenvalue weighted by Crippen LogP contribution is 2.20. The number of carbonyl (C=O) groups is 6. The number of carboxylic acids is 1. The summed E-state index contributed by atoms with van der Waals surface area (Å²) in [6.45, 7) is 0.245. The standard InChI is InChI=1S/C19H32N6O7S/c1-33-8-6-11(23-16(28)10(20)9-15(22)27)18(30)25-7-2-3-13(25)17(29)24-12(19(31)32)4-5-14(21)26/h10-13H,2-9,20H2,1H3,(H2,21,26)(H2,22,27)(H,23,28)(H,24,29)(H,31,32). The van der Waals surface area contributed by atoms with Crippen molar-refractivity contribution >= 4 is 47.3 Å². The fourth-order valence-corrected chi connectivity index (χ4v) is 3.87. The maximum Gasteiger partial charge on any atom is 0.326 e. The quantitative estimate of drug-likeness (QED) is 0.149. The molecule has 14 heteroatoms. The van der Waals surface area contributed by atoms with Gasteiger partial charge in [0.25, 0.3) is 0 Å². The number of thioether (sulfide) groups is 1. The summed E-state index contributed by atoms with van der Waals surface area (Å²) >= 11 is 1.45. The van der Waals surface area contributed by atoms with E-state index in [9.17, 15) is 33.9 Å². The topological polar surface area (TPSA) is 228 Å². The van der Waals surface area contributed by atoms with Gasteiger partial charge in [0.1, 0.15) is 18.1 Å². The predicted molar refractivity (Wildman–Crippen MR) is 119 cm³/mol. The first kappa shape index (κ1) is 28.2. The zero-order valence-corrected chi connectivity index (χ0v) is 19.3. The first-order valence-corrected chi connectivity index (χ1v) is 11.8. The van der Waals surface area contributed by atoms with Gasteiger partial charge in [-0.15, -0.1) is 0 Å². The predicted octanol–water partition coefficient (Wildman–Crippen LogP) is -2.75. The zero-order chi connectivity index (χ0) is 25.1. The minimum Gasteiger partial charge on any atom is -0.480 e. The molecule has 4 atom stereocenters. The SMILES string of the molecule is CSCCC(NC(=O)C(N)CC(N)=O)C(=O)N1CCCC1C(=O)NC(CCC(N)=O)C(=O)O. The number of likely N-dealkylation sites (tertiary alicyclic amines) is 1. The minimum absolute atomic E-state index is 0.179. The average molecular weight is 489 g/mol. The van der Waals surface area contributed by atoms with Crippen molar-refractivity contribution in [3.8, 4) is 0 Å². The van der Waals surface area contributed by atoms with Crippen LogP contribution in [0.2, 0.25) is 0 Å². The van der Waals surface area contributed by atoms with Gasteiger partial charge < -0.3 is 37.8 Å². The van der Waals surface area contributed by atoms with Gasteiger partial charge >= 0.3 is 5.97 Å². The summed E-state index contributed by atoms with van der Waals surface area (Å²) in [7, 11) is 0. The molecule has 0 bridgehead atoms. The number of primary amides is 2. The van der Waals surface area contributed by atoms with Gasteiger partial charge in [0.05, 0.1) is 12.5 Å². The van der Waals surface area contributed by atoms with Crippen LogP contribution in [0.1, 0.15) is 38.5 Å². The second kappa shape index (κ2) is 13.6. The molecule has 1 saturated heterocycles. The number of carbonyl (C=O) groups excluding carboxylic acids is 5. The number of amides is 5. The summed E-state index contributed by atoms with van der Waals surface area (Å²) in [4.78, 5) is 73.0. The van der Waals surface area contributed by atoms with E-state index >= 15 is 0 Å². The van der Waals surface area contributed by atoms with Crippen molar-refractivity contribution in [1.82, 2.24) is 15.5 Å². The fraction of sp³-hybridized carbons (Fsp3) is 0.684. The number of carboxylic acid groups (broad SMARTS) is 1. The van der Waals surface area contributed by atoms with Gasteiger partial charge in [-0.2, -0.15) is 11.8 Å². The Kier molecular flexibility index (Phi) is 11.6. The molecule has 0 aromatic rings. The summed E-state index contributed by atoms with van der Waals surface area (Å²) in [5, 5.41) is 14.2. The largest absolute Gasteiger partial charge is 0.480 e. The van der Waals surface area contributed by atoms with Crippen molar-refractivity contribution in [2.24, 2.45) is 17.2 Å². The maximum atomic E-state index is 13.2. The Labute approximate surface area is 195 Å². The molecule has 0 radical (unpaired) electrons. The molecule has 5 amide bonds. The number of rotatable bonds is 14. The van der Waals surface area contributed by atoms with Gasteiger partial charge in [0.2, 0.25) is 29.5 Å². The smallest absolute Gasteiger partial charge is 0.326 e. The molecule has 1 aliphatic heterocycles. The molecule has 1 fully saturated rings. The van der Waals surface area contributed by atoms with E-state index in [4.69, 9.17) is 17.2 Å². The van der Waals surface area contributed by atoms with E-state index < -0.39 is 59.7 Å². The molecule has 186 valence electrons. The highest BCUT2D eigenvalue weighted by atomic mass is 32.2. The van der Waals surface area contributed by atoms with E-state index in [2.05, 4.69) is 10.6 Å². The van der Waals surface area contributed by atoms with E-state index in [0.29, 0.717) is 18.6 Å². The van der Waals surface area contributed by atoms with Gasteiger partial charge in [-0.1, -0.05) is 0 Å². The first-order valence-electron chi connectivity index (χ1n) is 10.4. The first-order chi connectivity index (χ1) is 15.5. The lowest BCUT2D eigenvalue weighted by Crippen LogP contribution is -2.57. The van der Waals surface area contributed by atoms with Crippen molar-refractivity contribution < 1.29 is 33.9 Å². The highest BCUT2D eigenvalue weighted by molar-refractivity contribution is 7.98. The van der Waals surface area contributed by atoms with E-state index in [-0.39, 0.29) is 32.2 Å². The number of nitrogens with one attached hydrogen (secondary N) is 2. The van der Waals surface area contributed by atoms with Crippen LogP contribution in [0, 0.1) is 0 Å². The Hall–Kier alpha value is -2.87. The van der Waals surface area contributed by atoms with Gasteiger partial charge in [0, 0.05) is 13.0 Å². The van der Waals surface area contributed by atoms with Crippen LogP contribution in [0.5, 0.6) is 0 Å². The van der Waals surface area contributed by atoms with Crippen LogP contribution in [0.3, 0.4) is 0 Å². The Balaban J connectivity index is 2.92. The van der Waals surface area contributed by atoms with E-state index in [1.54, 1.807) is 0 Å².